The fraction of sp³-hybridized carbons (Fsp3) is 0.500. The Balaban J connectivity index is 2.11. The van der Waals surface area contributed by atoms with E-state index in [0.29, 0.717) is 12.0 Å². The minimum absolute atomic E-state index is 0.0572. The molecule has 0 aliphatic carbocycles. The van der Waals surface area contributed by atoms with Crippen molar-refractivity contribution in [3.63, 3.8) is 0 Å². The molecule has 35 heavy (non-hydrogen) atoms. The normalized spacial score (nSPS) is 17.8. The topological polar surface area (TPSA) is 225 Å². The van der Waals surface area contributed by atoms with Crippen molar-refractivity contribution < 1.29 is 39.3 Å². The average Bonchev–Trinajstić information content (AvgIpc) is 3.30. The van der Waals surface area contributed by atoms with Crippen molar-refractivity contribution in [2.45, 2.75) is 56.3 Å². The van der Waals surface area contributed by atoms with E-state index >= 15 is 0 Å². The Kier molecular flexibility index (Phi) is 9.97. The third kappa shape index (κ3) is 7.93. The molecule has 1 heterocycles. The van der Waals surface area contributed by atoms with Crippen LogP contribution in [0.2, 0.25) is 0 Å². The summed E-state index contributed by atoms with van der Waals surface area (Å²) in [6.45, 7) is -0.645. The first-order valence-corrected chi connectivity index (χ1v) is 11.1. The number of amides is 4. The quantitative estimate of drug-likeness (QED) is 0.164. The van der Waals surface area contributed by atoms with Gasteiger partial charge in [0.25, 0.3) is 0 Å². The van der Waals surface area contributed by atoms with Gasteiger partial charge in [-0.25, -0.2) is 4.79 Å². The van der Waals surface area contributed by atoms with Crippen molar-refractivity contribution in [2.75, 3.05) is 13.2 Å². The maximum Gasteiger partial charge on any atom is 0.328 e. The van der Waals surface area contributed by atoms with Gasteiger partial charge < -0.3 is 42.3 Å². The number of hydrogen-bond donors (Lipinski definition) is 7. The fourth-order valence-electron chi connectivity index (χ4n) is 3.76. The molecule has 0 radical (unpaired) electrons. The van der Waals surface area contributed by atoms with Crippen LogP contribution in [0, 0.1) is 0 Å². The van der Waals surface area contributed by atoms with E-state index in [9.17, 15) is 29.1 Å². The summed E-state index contributed by atoms with van der Waals surface area (Å²) in [5.74, 6) is -4.10. The van der Waals surface area contributed by atoms with Gasteiger partial charge in [-0.1, -0.05) is 12.1 Å². The number of rotatable bonds is 12. The molecule has 1 saturated heterocycles. The minimum atomic E-state index is -1.52. The lowest BCUT2D eigenvalue weighted by molar-refractivity contribution is -0.145. The molecule has 4 unspecified atom stereocenters. The smallest absolute Gasteiger partial charge is 0.328 e. The summed E-state index contributed by atoms with van der Waals surface area (Å²) < 4.78 is 0. The lowest BCUT2D eigenvalue weighted by Gasteiger charge is -2.29. The van der Waals surface area contributed by atoms with Crippen LogP contribution in [0.1, 0.15) is 31.2 Å². The number of aliphatic carboxylic acids is 1. The van der Waals surface area contributed by atoms with E-state index in [-0.39, 0.29) is 38.0 Å². The van der Waals surface area contributed by atoms with Crippen molar-refractivity contribution in [3.8, 4) is 5.75 Å². The van der Waals surface area contributed by atoms with Crippen LogP contribution in [-0.2, 0) is 30.4 Å². The van der Waals surface area contributed by atoms with Crippen LogP contribution < -0.4 is 22.1 Å². The highest BCUT2D eigenvalue weighted by atomic mass is 16.4. The number of benzene rings is 1. The number of likely N-dealkylation sites (tertiary alicyclic amines) is 1. The van der Waals surface area contributed by atoms with Gasteiger partial charge in [0.2, 0.25) is 23.6 Å². The van der Waals surface area contributed by atoms with Gasteiger partial charge in [-0.05, 0) is 43.4 Å². The van der Waals surface area contributed by atoms with E-state index in [2.05, 4.69) is 10.6 Å². The van der Waals surface area contributed by atoms with Gasteiger partial charge in [-0.15, -0.1) is 0 Å². The van der Waals surface area contributed by atoms with Gasteiger partial charge in [-0.3, -0.25) is 19.2 Å². The summed E-state index contributed by atoms with van der Waals surface area (Å²) in [6.07, 6.45) is 0.504. The predicted octanol–water partition coefficient (Wildman–Crippen LogP) is -2.43. The molecule has 0 bridgehead atoms. The summed E-state index contributed by atoms with van der Waals surface area (Å²) >= 11 is 0. The number of aliphatic hydroxyl groups excluding tert-OH is 1. The van der Waals surface area contributed by atoms with Crippen LogP contribution >= 0.6 is 0 Å². The number of hydrogen-bond acceptors (Lipinski definition) is 8. The molecule has 1 aromatic rings. The molecule has 1 aromatic carbocycles. The van der Waals surface area contributed by atoms with Crippen LogP contribution in [-0.4, -0.2) is 87.1 Å². The first kappa shape index (κ1) is 27.5. The van der Waals surface area contributed by atoms with Crippen LogP contribution in [0.5, 0.6) is 5.75 Å². The lowest BCUT2D eigenvalue weighted by Crippen LogP contribution is -2.57. The number of phenolic OH excluding ortho intramolecular Hbond substituents is 1. The zero-order valence-electron chi connectivity index (χ0n) is 19.1. The number of nitrogens with two attached hydrogens (primary N) is 2. The van der Waals surface area contributed by atoms with Crippen molar-refractivity contribution in [1.82, 2.24) is 15.5 Å². The number of phenols is 1. The maximum absolute atomic E-state index is 13.3. The van der Waals surface area contributed by atoms with Crippen molar-refractivity contribution in [2.24, 2.45) is 11.5 Å². The summed E-state index contributed by atoms with van der Waals surface area (Å²) in [6, 6.07) is 1.33. The molecule has 2 rings (SSSR count). The van der Waals surface area contributed by atoms with E-state index in [1.54, 1.807) is 12.1 Å². The van der Waals surface area contributed by atoms with E-state index < -0.39 is 60.4 Å². The zero-order chi connectivity index (χ0) is 26.1. The van der Waals surface area contributed by atoms with Crippen LogP contribution in [0.15, 0.2) is 24.3 Å². The monoisotopic (exact) mass is 493 g/mol. The number of nitrogens with zero attached hydrogens (tertiary/aromatic N) is 1. The van der Waals surface area contributed by atoms with Crippen molar-refractivity contribution in [3.05, 3.63) is 29.8 Å². The number of primary amides is 1. The summed E-state index contributed by atoms with van der Waals surface area (Å²) in [5, 5.41) is 32.3. The summed E-state index contributed by atoms with van der Waals surface area (Å²) in [4.78, 5) is 62.2. The Bertz CT molecular complexity index is 938. The molecule has 13 nitrogen and oxygen atoms in total. The molecule has 0 aromatic heterocycles. The Labute approximate surface area is 201 Å². The van der Waals surface area contributed by atoms with E-state index in [1.807, 2.05) is 0 Å². The third-order valence-electron chi connectivity index (χ3n) is 5.66. The molecule has 0 saturated carbocycles. The minimum Gasteiger partial charge on any atom is -0.508 e. The number of carbonyl (C=O) groups excluding carboxylic acids is 4. The fourth-order valence-corrected chi connectivity index (χ4v) is 3.76. The Morgan fingerprint density at radius 2 is 1.74 bits per heavy atom. The molecule has 4 atom stereocenters. The van der Waals surface area contributed by atoms with Crippen LogP contribution in [0.25, 0.3) is 0 Å². The number of carboxylic acid groups (broad SMARTS) is 1. The highest BCUT2D eigenvalue weighted by Gasteiger charge is 2.39. The molecule has 4 amide bonds. The average molecular weight is 494 g/mol. The Morgan fingerprint density at radius 1 is 1.09 bits per heavy atom. The van der Waals surface area contributed by atoms with Gasteiger partial charge in [0, 0.05) is 13.0 Å². The maximum atomic E-state index is 13.3. The molecule has 9 N–H and O–H groups in total. The van der Waals surface area contributed by atoms with Gasteiger partial charge in [0.15, 0.2) is 0 Å². The second-order valence-corrected chi connectivity index (χ2v) is 8.31. The number of nitrogens with one attached hydrogen (secondary N) is 2. The first-order chi connectivity index (χ1) is 16.5. The highest BCUT2D eigenvalue weighted by molar-refractivity contribution is 5.94. The Hall–Kier alpha value is -3.71. The summed E-state index contributed by atoms with van der Waals surface area (Å²) in [7, 11) is 0. The zero-order valence-corrected chi connectivity index (χ0v) is 19.1. The molecular weight excluding hydrogens is 462 g/mol. The largest absolute Gasteiger partial charge is 0.508 e. The van der Waals surface area contributed by atoms with E-state index in [1.165, 1.54) is 17.0 Å². The van der Waals surface area contributed by atoms with Crippen LogP contribution in [0.3, 0.4) is 0 Å². The SMILES string of the molecule is NC(=O)CCC(NC(=O)C(N)Cc1ccc(O)cc1)C(=O)N1CCCC1C(=O)NC(CO)C(=O)O. The molecule has 1 fully saturated rings. The number of aromatic hydroxyl groups is 1. The predicted molar refractivity (Wildman–Crippen MR) is 122 cm³/mol. The second-order valence-electron chi connectivity index (χ2n) is 8.31. The van der Waals surface area contributed by atoms with E-state index in [0.717, 1.165) is 0 Å². The number of carbonyl (C=O) groups is 5. The molecule has 0 spiro atoms. The van der Waals surface area contributed by atoms with Crippen molar-refractivity contribution >= 4 is 29.6 Å². The lowest BCUT2D eigenvalue weighted by atomic mass is 10.0. The Morgan fingerprint density at radius 3 is 2.31 bits per heavy atom. The summed E-state index contributed by atoms with van der Waals surface area (Å²) in [5.41, 5.74) is 11.9. The van der Waals surface area contributed by atoms with Crippen molar-refractivity contribution in [1.29, 1.82) is 0 Å². The molecule has 192 valence electrons. The van der Waals surface area contributed by atoms with E-state index in [4.69, 9.17) is 21.7 Å². The first-order valence-electron chi connectivity index (χ1n) is 11.1. The van der Waals surface area contributed by atoms with Gasteiger partial charge >= 0.3 is 5.97 Å². The third-order valence-corrected chi connectivity index (χ3v) is 5.66. The highest BCUT2D eigenvalue weighted by Crippen LogP contribution is 2.20. The second kappa shape index (κ2) is 12.7. The van der Waals surface area contributed by atoms with Gasteiger partial charge in [-0.2, -0.15) is 0 Å². The number of carboxylic acids is 1. The van der Waals surface area contributed by atoms with Crippen LogP contribution in [0.4, 0.5) is 0 Å². The van der Waals surface area contributed by atoms with Gasteiger partial charge in [0.1, 0.15) is 23.9 Å². The van der Waals surface area contributed by atoms with Gasteiger partial charge in [0.05, 0.1) is 12.6 Å². The standard InChI is InChI=1S/C22H31N5O8/c23-14(10-12-3-5-13(29)6-4-12)19(31)25-15(7-8-18(24)30)21(33)27-9-1-2-17(27)20(32)26-16(11-28)22(34)35/h3-6,14-17,28-29H,1-2,7-11,23H2,(H2,24,30)(H,25,31)(H,26,32)(H,34,35). The molecule has 1 aliphatic heterocycles. The molecule has 13 heteroatoms. The molecular formula is C22H31N5O8. The number of aliphatic hydroxyl groups is 1. The molecule has 1 aliphatic rings.